The Morgan fingerprint density at radius 1 is 1.05 bits per heavy atom. The molecule has 0 saturated carbocycles. The molecular formula is C17H15BrN2O. The predicted molar refractivity (Wildman–Crippen MR) is 86.6 cm³/mol. The third-order valence-electron chi connectivity index (χ3n) is 3.12. The molecule has 0 radical (unpaired) electrons. The van der Waals surface area contributed by atoms with Crippen LogP contribution in [0.3, 0.4) is 0 Å². The van der Waals surface area contributed by atoms with Crippen molar-refractivity contribution < 1.29 is 4.42 Å². The lowest BCUT2D eigenvalue weighted by atomic mass is 10.2. The average Bonchev–Trinajstić information content (AvgIpc) is 2.97. The third-order valence-corrected chi connectivity index (χ3v) is 3.62. The van der Waals surface area contributed by atoms with E-state index in [1.807, 2.05) is 48.7 Å². The monoisotopic (exact) mass is 342 g/mol. The van der Waals surface area contributed by atoms with Gasteiger partial charge in [0.05, 0.1) is 6.54 Å². The van der Waals surface area contributed by atoms with Crippen molar-refractivity contribution in [1.82, 2.24) is 10.3 Å². The minimum atomic E-state index is 0.697. The molecule has 3 aromatic rings. The van der Waals surface area contributed by atoms with Crippen molar-refractivity contribution >= 4 is 15.9 Å². The van der Waals surface area contributed by atoms with Gasteiger partial charge >= 0.3 is 0 Å². The van der Waals surface area contributed by atoms with E-state index in [0.717, 1.165) is 33.7 Å². The quantitative estimate of drug-likeness (QED) is 0.746. The smallest absolute Gasteiger partial charge is 0.134 e. The Kier molecular flexibility index (Phi) is 4.48. The van der Waals surface area contributed by atoms with E-state index < -0.39 is 0 Å². The van der Waals surface area contributed by atoms with Gasteiger partial charge in [-0.3, -0.25) is 4.98 Å². The van der Waals surface area contributed by atoms with Crippen molar-refractivity contribution in [2.24, 2.45) is 0 Å². The topological polar surface area (TPSA) is 38.1 Å². The normalized spacial score (nSPS) is 10.7. The van der Waals surface area contributed by atoms with Crippen molar-refractivity contribution in [2.75, 3.05) is 0 Å². The first-order chi connectivity index (χ1) is 10.3. The lowest BCUT2D eigenvalue weighted by Crippen LogP contribution is -2.12. The molecule has 3 rings (SSSR count). The summed E-state index contributed by atoms with van der Waals surface area (Å²) in [6, 6.07) is 16.1. The van der Waals surface area contributed by atoms with Gasteiger partial charge in [0.15, 0.2) is 0 Å². The number of halogens is 1. The minimum Gasteiger partial charge on any atom is -0.460 e. The maximum Gasteiger partial charge on any atom is 0.134 e. The van der Waals surface area contributed by atoms with E-state index >= 15 is 0 Å². The Labute approximate surface area is 132 Å². The molecule has 2 aromatic heterocycles. The van der Waals surface area contributed by atoms with E-state index in [9.17, 15) is 0 Å². The molecule has 1 N–H and O–H groups in total. The Hall–Kier alpha value is -1.91. The van der Waals surface area contributed by atoms with Gasteiger partial charge in [-0.25, -0.2) is 0 Å². The second-order valence-electron chi connectivity index (χ2n) is 4.74. The van der Waals surface area contributed by atoms with Crippen LogP contribution in [0.4, 0.5) is 0 Å². The molecule has 0 amide bonds. The maximum absolute atomic E-state index is 5.86. The SMILES string of the molecule is Brc1cccc(-c2ccc(CNCc3cccnc3)o2)c1. The molecule has 0 spiro atoms. The third kappa shape index (κ3) is 3.80. The Balaban J connectivity index is 1.60. The molecule has 0 atom stereocenters. The number of furan rings is 1. The second kappa shape index (κ2) is 6.70. The molecule has 4 heteroatoms. The number of hydrogen-bond donors (Lipinski definition) is 1. The second-order valence-corrected chi connectivity index (χ2v) is 5.66. The van der Waals surface area contributed by atoms with Crippen molar-refractivity contribution in [1.29, 1.82) is 0 Å². The molecule has 0 unspecified atom stereocenters. The zero-order valence-corrected chi connectivity index (χ0v) is 13.0. The van der Waals surface area contributed by atoms with Crippen LogP contribution in [0.15, 0.2) is 69.8 Å². The lowest BCUT2D eigenvalue weighted by Gasteiger charge is -2.02. The average molecular weight is 343 g/mol. The first-order valence-corrected chi connectivity index (χ1v) is 7.55. The van der Waals surface area contributed by atoms with E-state index in [4.69, 9.17) is 4.42 Å². The molecule has 21 heavy (non-hydrogen) atoms. The van der Waals surface area contributed by atoms with Gasteiger partial charge in [-0.1, -0.05) is 34.1 Å². The first kappa shape index (κ1) is 14.0. The molecule has 0 bridgehead atoms. The summed E-state index contributed by atoms with van der Waals surface area (Å²) >= 11 is 3.47. The highest BCUT2D eigenvalue weighted by Gasteiger charge is 2.05. The largest absolute Gasteiger partial charge is 0.460 e. The first-order valence-electron chi connectivity index (χ1n) is 6.75. The Morgan fingerprint density at radius 2 is 2.00 bits per heavy atom. The zero-order valence-electron chi connectivity index (χ0n) is 11.4. The van der Waals surface area contributed by atoms with Gasteiger partial charge in [0, 0.05) is 29.0 Å². The molecule has 2 heterocycles. The van der Waals surface area contributed by atoms with Crippen molar-refractivity contribution in [3.63, 3.8) is 0 Å². The highest BCUT2D eigenvalue weighted by Crippen LogP contribution is 2.24. The summed E-state index contributed by atoms with van der Waals surface area (Å²) in [5.74, 6) is 1.81. The minimum absolute atomic E-state index is 0.697. The number of rotatable bonds is 5. The fraction of sp³-hybridized carbons (Fsp3) is 0.118. The van der Waals surface area contributed by atoms with Gasteiger partial charge in [0.25, 0.3) is 0 Å². The number of hydrogen-bond acceptors (Lipinski definition) is 3. The molecule has 0 fully saturated rings. The summed E-state index contributed by atoms with van der Waals surface area (Å²) in [4.78, 5) is 4.09. The van der Waals surface area contributed by atoms with Crippen LogP contribution in [0.1, 0.15) is 11.3 Å². The summed E-state index contributed by atoms with van der Waals surface area (Å²) < 4.78 is 6.91. The Bertz CT molecular complexity index is 710. The number of aromatic nitrogens is 1. The van der Waals surface area contributed by atoms with E-state index in [-0.39, 0.29) is 0 Å². The summed E-state index contributed by atoms with van der Waals surface area (Å²) in [6.07, 6.45) is 3.64. The number of pyridine rings is 1. The molecule has 0 aliphatic rings. The van der Waals surface area contributed by atoms with Crippen LogP contribution in [-0.4, -0.2) is 4.98 Å². The van der Waals surface area contributed by atoms with Gasteiger partial charge in [-0.2, -0.15) is 0 Å². The van der Waals surface area contributed by atoms with Crippen LogP contribution in [0.2, 0.25) is 0 Å². The molecule has 0 aliphatic carbocycles. The lowest BCUT2D eigenvalue weighted by molar-refractivity contribution is 0.493. The van der Waals surface area contributed by atoms with Crippen LogP contribution in [0.25, 0.3) is 11.3 Å². The zero-order chi connectivity index (χ0) is 14.5. The van der Waals surface area contributed by atoms with Crippen LogP contribution in [0.5, 0.6) is 0 Å². The molecule has 0 saturated heterocycles. The van der Waals surface area contributed by atoms with Gasteiger partial charge in [0.1, 0.15) is 11.5 Å². The summed E-state index contributed by atoms with van der Waals surface area (Å²) in [7, 11) is 0. The van der Waals surface area contributed by atoms with E-state index in [2.05, 4.69) is 32.3 Å². The van der Waals surface area contributed by atoms with E-state index in [0.29, 0.717) is 6.54 Å². The maximum atomic E-state index is 5.86. The number of nitrogens with zero attached hydrogens (tertiary/aromatic N) is 1. The van der Waals surface area contributed by atoms with E-state index in [1.165, 1.54) is 0 Å². The van der Waals surface area contributed by atoms with Crippen molar-refractivity contribution in [2.45, 2.75) is 13.1 Å². The molecule has 0 aliphatic heterocycles. The molecule has 106 valence electrons. The van der Waals surface area contributed by atoms with Crippen LogP contribution in [-0.2, 0) is 13.1 Å². The highest BCUT2D eigenvalue weighted by molar-refractivity contribution is 9.10. The van der Waals surface area contributed by atoms with Crippen LogP contribution < -0.4 is 5.32 Å². The van der Waals surface area contributed by atoms with Gasteiger partial charge < -0.3 is 9.73 Å². The van der Waals surface area contributed by atoms with Gasteiger partial charge in [0.2, 0.25) is 0 Å². The molecule has 1 aromatic carbocycles. The summed E-state index contributed by atoms with van der Waals surface area (Å²) in [5.41, 5.74) is 2.24. The van der Waals surface area contributed by atoms with Crippen LogP contribution in [0, 0.1) is 0 Å². The van der Waals surface area contributed by atoms with Gasteiger partial charge in [-0.15, -0.1) is 0 Å². The van der Waals surface area contributed by atoms with Crippen LogP contribution >= 0.6 is 15.9 Å². The van der Waals surface area contributed by atoms with Gasteiger partial charge in [-0.05, 0) is 35.9 Å². The fourth-order valence-corrected chi connectivity index (χ4v) is 2.50. The van der Waals surface area contributed by atoms with E-state index in [1.54, 1.807) is 6.20 Å². The highest BCUT2D eigenvalue weighted by atomic mass is 79.9. The number of benzene rings is 1. The standard InChI is InChI=1S/C17H15BrN2O/c18-15-5-1-4-14(9-15)17-7-6-16(21-17)12-20-11-13-3-2-8-19-10-13/h1-10,20H,11-12H2. The Morgan fingerprint density at radius 3 is 2.81 bits per heavy atom. The van der Waals surface area contributed by atoms with Crippen molar-refractivity contribution in [3.8, 4) is 11.3 Å². The summed E-state index contributed by atoms with van der Waals surface area (Å²) in [5, 5.41) is 3.35. The van der Waals surface area contributed by atoms with Crippen molar-refractivity contribution in [3.05, 3.63) is 76.7 Å². The summed E-state index contributed by atoms with van der Waals surface area (Å²) in [6.45, 7) is 1.48. The molecule has 3 nitrogen and oxygen atoms in total. The fourth-order valence-electron chi connectivity index (χ4n) is 2.10. The molecular weight excluding hydrogens is 328 g/mol. The predicted octanol–water partition coefficient (Wildman–Crippen LogP) is 4.39. The number of nitrogens with one attached hydrogen (secondary N) is 1.